The summed E-state index contributed by atoms with van der Waals surface area (Å²) in [5, 5.41) is 5.54. The Hall–Kier alpha value is -4.20. The summed E-state index contributed by atoms with van der Waals surface area (Å²) >= 11 is 0. The summed E-state index contributed by atoms with van der Waals surface area (Å²) in [6, 6.07) is 18.8. The van der Waals surface area contributed by atoms with Crippen LogP contribution in [0.3, 0.4) is 0 Å². The van der Waals surface area contributed by atoms with Gasteiger partial charge in [-0.2, -0.15) is 0 Å². The number of carbonyl (C=O) groups is 2. The van der Waals surface area contributed by atoms with Gasteiger partial charge in [0.05, 0.1) is 32.6 Å². The van der Waals surface area contributed by atoms with E-state index in [1.807, 2.05) is 0 Å². The fraction of sp³-hybridized carbons (Fsp3) is 0.167. The van der Waals surface area contributed by atoms with E-state index in [0.29, 0.717) is 39.9 Å². The second-order valence-electron chi connectivity index (χ2n) is 6.58. The lowest BCUT2D eigenvalue weighted by molar-refractivity contribution is -0.118. The molecule has 3 rings (SSSR count). The predicted octanol–water partition coefficient (Wildman–Crippen LogP) is 3.98. The van der Waals surface area contributed by atoms with Crippen molar-refractivity contribution in [1.82, 2.24) is 0 Å². The lowest BCUT2D eigenvalue weighted by atomic mass is 10.2. The number of carbonyl (C=O) groups excluding carboxylic acids is 2. The zero-order valence-electron chi connectivity index (χ0n) is 18.0. The van der Waals surface area contributed by atoms with Crippen molar-refractivity contribution in [1.29, 1.82) is 0 Å². The van der Waals surface area contributed by atoms with Gasteiger partial charge in [-0.15, -0.1) is 0 Å². The SMILES string of the molecule is COc1ccc(NC(=O)COc2ccc(NC(=O)c3ccccc3OC)cc2)c(OC)c1. The van der Waals surface area contributed by atoms with E-state index in [2.05, 4.69) is 10.6 Å². The van der Waals surface area contributed by atoms with Crippen molar-refractivity contribution in [2.45, 2.75) is 0 Å². The van der Waals surface area contributed by atoms with Crippen LogP contribution < -0.4 is 29.6 Å². The van der Waals surface area contributed by atoms with Crippen LogP contribution in [-0.2, 0) is 4.79 Å². The molecule has 8 nitrogen and oxygen atoms in total. The molecule has 0 unspecified atom stereocenters. The predicted molar refractivity (Wildman–Crippen MR) is 121 cm³/mol. The molecule has 3 aromatic carbocycles. The first kappa shape index (κ1) is 22.5. The fourth-order valence-corrected chi connectivity index (χ4v) is 2.90. The lowest BCUT2D eigenvalue weighted by Gasteiger charge is -2.12. The van der Waals surface area contributed by atoms with E-state index in [-0.39, 0.29) is 18.4 Å². The monoisotopic (exact) mass is 436 g/mol. The summed E-state index contributed by atoms with van der Waals surface area (Å²) in [5.74, 6) is 1.44. The number of hydrogen-bond acceptors (Lipinski definition) is 6. The van der Waals surface area contributed by atoms with Crippen molar-refractivity contribution in [3.05, 3.63) is 72.3 Å². The Bertz CT molecular complexity index is 1080. The van der Waals surface area contributed by atoms with E-state index in [1.165, 1.54) is 14.2 Å². The average Bonchev–Trinajstić information content (AvgIpc) is 2.83. The number of nitrogens with one attached hydrogen (secondary N) is 2. The van der Waals surface area contributed by atoms with Crippen LogP contribution in [0.2, 0.25) is 0 Å². The number of hydrogen-bond donors (Lipinski definition) is 2. The first-order valence-electron chi connectivity index (χ1n) is 9.73. The molecule has 0 saturated carbocycles. The smallest absolute Gasteiger partial charge is 0.262 e. The number of methoxy groups -OCH3 is 3. The topological polar surface area (TPSA) is 95.1 Å². The van der Waals surface area contributed by atoms with Crippen molar-refractivity contribution in [2.75, 3.05) is 38.6 Å². The highest BCUT2D eigenvalue weighted by atomic mass is 16.5. The molecule has 0 aliphatic carbocycles. The number of para-hydroxylation sites is 1. The highest BCUT2D eigenvalue weighted by Crippen LogP contribution is 2.29. The van der Waals surface area contributed by atoms with Crippen LogP contribution in [-0.4, -0.2) is 39.8 Å². The maximum Gasteiger partial charge on any atom is 0.262 e. The Labute approximate surface area is 186 Å². The molecule has 32 heavy (non-hydrogen) atoms. The average molecular weight is 436 g/mol. The zero-order chi connectivity index (χ0) is 22.9. The van der Waals surface area contributed by atoms with Gasteiger partial charge in [0.15, 0.2) is 6.61 Å². The molecule has 8 heteroatoms. The lowest BCUT2D eigenvalue weighted by Crippen LogP contribution is -2.20. The Balaban J connectivity index is 1.55. The van der Waals surface area contributed by atoms with Crippen molar-refractivity contribution in [3.8, 4) is 23.0 Å². The molecule has 0 radical (unpaired) electrons. The molecule has 0 aliphatic rings. The van der Waals surface area contributed by atoms with Crippen LogP contribution in [0.5, 0.6) is 23.0 Å². The largest absolute Gasteiger partial charge is 0.497 e. The van der Waals surface area contributed by atoms with Gasteiger partial charge in [-0.05, 0) is 48.5 Å². The van der Waals surface area contributed by atoms with Crippen molar-refractivity contribution in [2.24, 2.45) is 0 Å². The third kappa shape index (κ3) is 5.69. The van der Waals surface area contributed by atoms with Crippen molar-refractivity contribution in [3.63, 3.8) is 0 Å². The Kier molecular flexibility index (Phi) is 7.53. The maximum absolute atomic E-state index is 12.5. The minimum absolute atomic E-state index is 0.192. The molecule has 3 aromatic rings. The van der Waals surface area contributed by atoms with Crippen LogP contribution in [0.4, 0.5) is 11.4 Å². The molecule has 0 spiro atoms. The van der Waals surface area contributed by atoms with Gasteiger partial charge in [-0.3, -0.25) is 9.59 Å². The van der Waals surface area contributed by atoms with E-state index in [1.54, 1.807) is 73.8 Å². The van der Waals surface area contributed by atoms with Crippen molar-refractivity contribution >= 4 is 23.2 Å². The molecule has 0 heterocycles. The van der Waals surface area contributed by atoms with E-state index in [4.69, 9.17) is 18.9 Å². The fourth-order valence-electron chi connectivity index (χ4n) is 2.90. The summed E-state index contributed by atoms with van der Waals surface area (Å²) < 4.78 is 21.2. The molecule has 2 amide bonds. The summed E-state index contributed by atoms with van der Waals surface area (Å²) in [6.45, 7) is -0.192. The first-order chi connectivity index (χ1) is 15.5. The molecule has 0 fully saturated rings. The number of amides is 2. The molecule has 0 bridgehead atoms. The van der Waals surface area contributed by atoms with Gasteiger partial charge < -0.3 is 29.6 Å². The highest BCUT2D eigenvalue weighted by molar-refractivity contribution is 6.06. The molecular formula is C24H24N2O6. The van der Waals surface area contributed by atoms with E-state index < -0.39 is 0 Å². The highest BCUT2D eigenvalue weighted by Gasteiger charge is 2.12. The third-order valence-corrected chi connectivity index (χ3v) is 4.52. The molecule has 0 atom stereocenters. The Morgan fingerprint density at radius 2 is 1.44 bits per heavy atom. The summed E-state index contributed by atoms with van der Waals surface area (Å²) in [7, 11) is 4.57. The second-order valence-corrected chi connectivity index (χ2v) is 6.58. The number of anilines is 2. The summed E-state index contributed by atoms with van der Waals surface area (Å²) in [6.07, 6.45) is 0. The van der Waals surface area contributed by atoms with Crippen LogP contribution in [0, 0.1) is 0 Å². The Morgan fingerprint density at radius 3 is 2.12 bits per heavy atom. The normalized spacial score (nSPS) is 10.1. The van der Waals surface area contributed by atoms with Crippen LogP contribution in [0.25, 0.3) is 0 Å². The van der Waals surface area contributed by atoms with Gasteiger partial charge in [0.2, 0.25) is 0 Å². The standard InChI is InChI=1S/C24H24N2O6/c1-29-18-12-13-20(22(14-18)31-3)26-23(27)15-32-17-10-8-16(9-11-17)25-24(28)19-6-4-5-7-21(19)30-2/h4-14H,15H2,1-3H3,(H,25,28)(H,26,27). The first-order valence-corrected chi connectivity index (χ1v) is 9.73. The summed E-state index contributed by atoms with van der Waals surface area (Å²) in [4.78, 5) is 24.7. The van der Waals surface area contributed by atoms with Gasteiger partial charge in [0, 0.05) is 11.8 Å². The van der Waals surface area contributed by atoms with Crippen LogP contribution in [0.1, 0.15) is 10.4 Å². The van der Waals surface area contributed by atoms with Gasteiger partial charge in [-0.1, -0.05) is 12.1 Å². The van der Waals surface area contributed by atoms with Crippen LogP contribution >= 0.6 is 0 Å². The quantitative estimate of drug-likeness (QED) is 0.527. The van der Waals surface area contributed by atoms with Gasteiger partial charge in [0.25, 0.3) is 11.8 Å². The summed E-state index contributed by atoms with van der Waals surface area (Å²) in [5.41, 5.74) is 1.53. The Morgan fingerprint density at radius 1 is 0.750 bits per heavy atom. The molecule has 166 valence electrons. The molecule has 0 aliphatic heterocycles. The minimum atomic E-state index is -0.345. The van der Waals surface area contributed by atoms with E-state index >= 15 is 0 Å². The molecule has 0 aromatic heterocycles. The number of rotatable bonds is 9. The van der Waals surface area contributed by atoms with E-state index in [9.17, 15) is 9.59 Å². The zero-order valence-corrected chi connectivity index (χ0v) is 18.0. The number of benzene rings is 3. The second kappa shape index (κ2) is 10.7. The van der Waals surface area contributed by atoms with Crippen molar-refractivity contribution < 1.29 is 28.5 Å². The van der Waals surface area contributed by atoms with E-state index in [0.717, 1.165) is 0 Å². The molecule has 0 saturated heterocycles. The third-order valence-electron chi connectivity index (χ3n) is 4.52. The number of ether oxygens (including phenoxy) is 4. The molecular weight excluding hydrogens is 412 g/mol. The maximum atomic E-state index is 12.5. The van der Waals surface area contributed by atoms with Gasteiger partial charge in [-0.25, -0.2) is 0 Å². The molecule has 2 N–H and O–H groups in total. The van der Waals surface area contributed by atoms with Gasteiger partial charge >= 0.3 is 0 Å². The van der Waals surface area contributed by atoms with Gasteiger partial charge in [0.1, 0.15) is 23.0 Å². The van der Waals surface area contributed by atoms with Crippen LogP contribution in [0.15, 0.2) is 66.7 Å². The minimum Gasteiger partial charge on any atom is -0.497 e.